The predicted molar refractivity (Wildman–Crippen MR) is 101 cm³/mol. The number of fused-ring (bicyclic) bond motifs is 1. The van der Waals surface area contributed by atoms with Crippen molar-refractivity contribution in [2.75, 3.05) is 39.4 Å². The van der Waals surface area contributed by atoms with Crippen LogP contribution >= 0.6 is 12.4 Å². The zero-order valence-electron chi connectivity index (χ0n) is 15.5. The molecule has 0 radical (unpaired) electrons. The van der Waals surface area contributed by atoms with Crippen molar-refractivity contribution >= 4 is 24.2 Å². The Morgan fingerprint density at radius 2 is 1.50 bits per heavy atom. The van der Waals surface area contributed by atoms with Crippen LogP contribution in [0.5, 0.6) is 0 Å². The Morgan fingerprint density at radius 3 is 2.19 bits per heavy atom. The zero-order valence-corrected chi connectivity index (χ0v) is 16.3. The first-order valence-electron chi connectivity index (χ1n) is 10.1. The molecule has 7 heteroatoms. The molecule has 26 heavy (non-hydrogen) atoms. The van der Waals surface area contributed by atoms with E-state index in [0.29, 0.717) is 38.3 Å². The van der Waals surface area contributed by atoms with Crippen molar-refractivity contribution in [1.29, 1.82) is 0 Å². The van der Waals surface area contributed by atoms with Crippen molar-refractivity contribution < 1.29 is 14.3 Å². The summed E-state index contributed by atoms with van der Waals surface area (Å²) in [5.74, 6) is 1.32. The largest absolute Gasteiger partial charge is 0.378 e. The Morgan fingerprint density at radius 1 is 0.846 bits per heavy atom. The lowest BCUT2D eigenvalue weighted by Crippen LogP contribution is -2.51. The summed E-state index contributed by atoms with van der Waals surface area (Å²) in [4.78, 5) is 29.4. The first-order chi connectivity index (χ1) is 12.2. The third kappa shape index (κ3) is 4.18. The van der Waals surface area contributed by atoms with E-state index in [9.17, 15) is 9.59 Å². The number of ether oxygens (including phenoxy) is 1. The molecule has 1 N–H and O–H groups in total. The normalized spacial score (nSPS) is 32.7. The van der Waals surface area contributed by atoms with Gasteiger partial charge >= 0.3 is 0 Å². The fourth-order valence-corrected chi connectivity index (χ4v) is 5.12. The predicted octanol–water partition coefficient (Wildman–Crippen LogP) is 1.43. The molecule has 148 valence electrons. The van der Waals surface area contributed by atoms with Crippen molar-refractivity contribution in [3.05, 3.63) is 0 Å². The highest BCUT2D eigenvalue weighted by Gasteiger charge is 2.40. The van der Waals surface area contributed by atoms with Gasteiger partial charge in [-0.2, -0.15) is 0 Å². The minimum absolute atomic E-state index is 0. The second kappa shape index (κ2) is 8.89. The number of nitrogens with one attached hydrogen (secondary N) is 1. The highest BCUT2D eigenvalue weighted by atomic mass is 35.5. The van der Waals surface area contributed by atoms with Gasteiger partial charge in [0.25, 0.3) is 0 Å². The molecular weight excluding hydrogens is 354 g/mol. The van der Waals surface area contributed by atoms with Crippen LogP contribution in [0, 0.1) is 11.8 Å². The maximum atomic E-state index is 12.9. The highest BCUT2D eigenvalue weighted by molar-refractivity contribution is 5.85. The molecule has 3 aliphatic heterocycles. The van der Waals surface area contributed by atoms with Gasteiger partial charge in [0.15, 0.2) is 0 Å². The smallest absolute Gasteiger partial charge is 0.239 e. The van der Waals surface area contributed by atoms with E-state index in [4.69, 9.17) is 4.74 Å². The lowest BCUT2D eigenvalue weighted by molar-refractivity contribution is -0.144. The third-order valence-corrected chi connectivity index (χ3v) is 6.64. The molecule has 0 spiro atoms. The lowest BCUT2D eigenvalue weighted by atomic mass is 9.85. The van der Waals surface area contributed by atoms with Gasteiger partial charge in [-0.25, -0.2) is 0 Å². The number of halogens is 1. The molecular formula is C19H32ClN3O3. The Kier molecular flexibility index (Phi) is 6.81. The molecule has 6 nitrogen and oxygen atoms in total. The topological polar surface area (TPSA) is 61.9 Å². The maximum Gasteiger partial charge on any atom is 0.239 e. The first kappa shape index (κ1) is 19.9. The van der Waals surface area contributed by atoms with E-state index in [1.165, 1.54) is 25.7 Å². The molecule has 4 rings (SSSR count). The van der Waals surface area contributed by atoms with Crippen molar-refractivity contribution in [3.8, 4) is 0 Å². The fraction of sp³-hybridized carbons (Fsp3) is 0.895. The number of hydrogen-bond acceptors (Lipinski definition) is 4. The number of morpholine rings is 1. The van der Waals surface area contributed by atoms with Gasteiger partial charge in [-0.05, 0) is 38.0 Å². The van der Waals surface area contributed by atoms with Crippen LogP contribution in [0.15, 0.2) is 0 Å². The zero-order chi connectivity index (χ0) is 17.2. The Labute approximate surface area is 162 Å². The minimum atomic E-state index is 0. The summed E-state index contributed by atoms with van der Waals surface area (Å²) >= 11 is 0. The molecule has 4 aliphatic rings. The van der Waals surface area contributed by atoms with Crippen LogP contribution in [0.2, 0.25) is 0 Å². The average Bonchev–Trinajstić information content (AvgIpc) is 3.12. The molecule has 0 bridgehead atoms. The molecule has 0 aromatic rings. The third-order valence-electron chi connectivity index (χ3n) is 6.64. The first-order valence-corrected chi connectivity index (χ1v) is 10.1. The van der Waals surface area contributed by atoms with E-state index < -0.39 is 0 Å². The second-order valence-electron chi connectivity index (χ2n) is 8.14. The molecule has 3 unspecified atom stereocenters. The molecule has 3 atom stereocenters. The SMILES string of the molecule is Cl.O=C(C1CCN(C(=O)C2CC3CCCCC3N2)CC1)N1CCOCC1. The molecule has 2 amide bonds. The Balaban J connectivity index is 0.00000196. The van der Waals surface area contributed by atoms with Crippen molar-refractivity contribution in [1.82, 2.24) is 15.1 Å². The number of piperidine rings is 1. The molecule has 4 fully saturated rings. The van der Waals surface area contributed by atoms with Gasteiger partial charge in [-0.1, -0.05) is 12.8 Å². The summed E-state index contributed by atoms with van der Waals surface area (Å²) in [6.07, 6.45) is 7.74. The van der Waals surface area contributed by atoms with Crippen LogP contribution in [-0.4, -0.2) is 73.1 Å². The maximum absolute atomic E-state index is 12.9. The van der Waals surface area contributed by atoms with Crippen LogP contribution in [0.25, 0.3) is 0 Å². The van der Waals surface area contributed by atoms with Crippen molar-refractivity contribution in [2.45, 2.75) is 57.0 Å². The quantitative estimate of drug-likeness (QED) is 0.781. The molecule has 0 aromatic heterocycles. The number of hydrogen-bond donors (Lipinski definition) is 1. The summed E-state index contributed by atoms with van der Waals surface area (Å²) in [6.45, 7) is 4.19. The monoisotopic (exact) mass is 385 g/mol. The van der Waals surface area contributed by atoms with Crippen molar-refractivity contribution in [2.24, 2.45) is 11.8 Å². The van der Waals surface area contributed by atoms with Crippen LogP contribution in [0.1, 0.15) is 44.9 Å². The number of likely N-dealkylation sites (tertiary alicyclic amines) is 1. The fourth-order valence-electron chi connectivity index (χ4n) is 5.12. The van der Waals surface area contributed by atoms with Crippen LogP contribution in [0.4, 0.5) is 0 Å². The average molecular weight is 386 g/mol. The second-order valence-corrected chi connectivity index (χ2v) is 8.14. The number of nitrogens with zero attached hydrogens (tertiary/aromatic N) is 2. The Bertz CT molecular complexity index is 490. The van der Waals surface area contributed by atoms with Gasteiger partial charge in [0.1, 0.15) is 0 Å². The summed E-state index contributed by atoms with van der Waals surface area (Å²) in [7, 11) is 0. The number of amides is 2. The molecule has 3 heterocycles. The molecule has 0 aromatic carbocycles. The molecule has 1 saturated carbocycles. The number of rotatable bonds is 2. The van der Waals surface area contributed by atoms with Gasteiger partial charge in [0.2, 0.25) is 11.8 Å². The summed E-state index contributed by atoms with van der Waals surface area (Å²) < 4.78 is 5.33. The lowest BCUT2D eigenvalue weighted by Gasteiger charge is -2.36. The number of carbonyl (C=O) groups is 2. The van der Waals surface area contributed by atoms with Gasteiger partial charge in [0, 0.05) is 38.1 Å². The van der Waals surface area contributed by atoms with Gasteiger partial charge in [0.05, 0.1) is 19.3 Å². The van der Waals surface area contributed by atoms with E-state index in [-0.39, 0.29) is 36.2 Å². The summed E-state index contributed by atoms with van der Waals surface area (Å²) in [6, 6.07) is 0.572. The number of carbonyl (C=O) groups excluding carboxylic acids is 2. The highest BCUT2D eigenvalue weighted by Crippen LogP contribution is 2.34. The molecule has 3 saturated heterocycles. The van der Waals surface area contributed by atoms with Gasteiger partial charge in [-0.15, -0.1) is 12.4 Å². The van der Waals surface area contributed by atoms with E-state index in [1.807, 2.05) is 9.80 Å². The summed E-state index contributed by atoms with van der Waals surface area (Å²) in [5, 5.41) is 3.60. The van der Waals surface area contributed by atoms with E-state index in [1.54, 1.807) is 0 Å². The summed E-state index contributed by atoms with van der Waals surface area (Å²) in [5.41, 5.74) is 0. The van der Waals surface area contributed by atoms with E-state index >= 15 is 0 Å². The van der Waals surface area contributed by atoms with E-state index in [0.717, 1.165) is 32.4 Å². The molecule has 1 aliphatic carbocycles. The van der Waals surface area contributed by atoms with Crippen LogP contribution in [0.3, 0.4) is 0 Å². The van der Waals surface area contributed by atoms with Gasteiger partial charge < -0.3 is 19.9 Å². The van der Waals surface area contributed by atoms with Gasteiger partial charge in [-0.3, -0.25) is 9.59 Å². The minimum Gasteiger partial charge on any atom is -0.378 e. The van der Waals surface area contributed by atoms with Crippen LogP contribution in [-0.2, 0) is 14.3 Å². The van der Waals surface area contributed by atoms with E-state index in [2.05, 4.69) is 5.32 Å². The Hall–Kier alpha value is -0.850. The van der Waals surface area contributed by atoms with Crippen LogP contribution < -0.4 is 5.32 Å². The standard InChI is InChI=1S/C19H31N3O3.ClH/c23-18(22-9-11-25-12-10-22)14-5-7-21(8-6-14)19(24)17-13-15-3-1-2-4-16(15)20-17;/h14-17,20H,1-13H2;1H. The van der Waals surface area contributed by atoms with Crippen molar-refractivity contribution in [3.63, 3.8) is 0 Å².